The van der Waals surface area contributed by atoms with Crippen molar-refractivity contribution < 1.29 is 9.18 Å². The summed E-state index contributed by atoms with van der Waals surface area (Å²) in [7, 11) is 0. The van der Waals surface area contributed by atoms with E-state index >= 15 is 0 Å². The predicted octanol–water partition coefficient (Wildman–Crippen LogP) is 4.96. The van der Waals surface area contributed by atoms with Crippen LogP contribution in [-0.2, 0) is 0 Å². The third-order valence-corrected chi connectivity index (χ3v) is 3.69. The lowest BCUT2D eigenvalue weighted by Crippen LogP contribution is -2.14. The molecule has 0 aromatic heterocycles. The van der Waals surface area contributed by atoms with E-state index in [1.807, 2.05) is 24.3 Å². The quantitative estimate of drug-likeness (QED) is 0.843. The fourth-order valence-electron chi connectivity index (χ4n) is 1.86. The van der Waals surface area contributed by atoms with Crippen LogP contribution < -0.4 is 5.32 Å². The molecule has 0 atom stereocenters. The molecule has 0 spiro atoms. The zero-order valence-corrected chi connectivity index (χ0v) is 12.9. The molecule has 1 N–H and O–H groups in total. The van der Waals surface area contributed by atoms with Crippen molar-refractivity contribution in [1.29, 1.82) is 0 Å². The number of nitrogens with one attached hydrogen (secondary N) is 1. The van der Waals surface area contributed by atoms with Crippen LogP contribution >= 0.6 is 15.9 Å². The molecule has 0 saturated carbocycles. The van der Waals surface area contributed by atoms with Crippen molar-refractivity contribution in [3.05, 3.63) is 63.9 Å². The van der Waals surface area contributed by atoms with Gasteiger partial charge in [0.05, 0.1) is 5.56 Å². The largest absolute Gasteiger partial charge is 0.322 e. The summed E-state index contributed by atoms with van der Waals surface area (Å²) in [6, 6.07) is 12.0. The summed E-state index contributed by atoms with van der Waals surface area (Å²) < 4.78 is 14.1. The van der Waals surface area contributed by atoms with E-state index in [2.05, 4.69) is 35.1 Å². The molecule has 0 bridgehead atoms. The molecular formula is C16H15BrFNO. The maximum atomic E-state index is 13.7. The number of carbonyl (C=O) groups is 1. The van der Waals surface area contributed by atoms with Gasteiger partial charge in [0.1, 0.15) is 5.82 Å². The van der Waals surface area contributed by atoms with E-state index in [0.717, 1.165) is 0 Å². The number of carbonyl (C=O) groups excluding carboxylic acids is 1. The molecule has 4 heteroatoms. The SMILES string of the molecule is CC(C)c1ccc(NC(=O)c2c(F)cccc2Br)cc1. The molecule has 2 nitrogen and oxygen atoms in total. The molecule has 20 heavy (non-hydrogen) atoms. The Morgan fingerprint density at radius 2 is 1.80 bits per heavy atom. The van der Waals surface area contributed by atoms with Crippen LogP contribution in [0.25, 0.3) is 0 Å². The fourth-order valence-corrected chi connectivity index (χ4v) is 2.38. The van der Waals surface area contributed by atoms with Gasteiger partial charge < -0.3 is 5.32 Å². The van der Waals surface area contributed by atoms with Crippen LogP contribution in [0.5, 0.6) is 0 Å². The van der Waals surface area contributed by atoms with E-state index in [-0.39, 0.29) is 5.56 Å². The van der Waals surface area contributed by atoms with Crippen molar-refractivity contribution in [2.75, 3.05) is 5.32 Å². The Balaban J connectivity index is 2.19. The first-order chi connectivity index (χ1) is 9.49. The van der Waals surface area contributed by atoms with E-state index in [1.165, 1.54) is 11.6 Å². The normalized spacial score (nSPS) is 10.7. The van der Waals surface area contributed by atoms with Gasteiger partial charge in [0, 0.05) is 10.2 Å². The molecule has 0 heterocycles. The van der Waals surface area contributed by atoms with Crippen LogP contribution in [0.1, 0.15) is 35.7 Å². The summed E-state index contributed by atoms with van der Waals surface area (Å²) in [5, 5.41) is 2.70. The second-order valence-electron chi connectivity index (χ2n) is 4.83. The number of amides is 1. The van der Waals surface area contributed by atoms with E-state index in [0.29, 0.717) is 16.1 Å². The zero-order chi connectivity index (χ0) is 14.7. The van der Waals surface area contributed by atoms with E-state index in [1.54, 1.807) is 12.1 Å². The minimum Gasteiger partial charge on any atom is -0.322 e. The van der Waals surface area contributed by atoms with Gasteiger partial charge >= 0.3 is 0 Å². The zero-order valence-electron chi connectivity index (χ0n) is 11.3. The first-order valence-corrected chi connectivity index (χ1v) is 7.13. The summed E-state index contributed by atoms with van der Waals surface area (Å²) in [5.74, 6) is -0.580. The maximum absolute atomic E-state index is 13.7. The average Bonchev–Trinajstić information content (AvgIpc) is 2.39. The molecule has 1 amide bonds. The van der Waals surface area contributed by atoms with Gasteiger partial charge in [0.2, 0.25) is 0 Å². The molecule has 2 aromatic rings. The molecule has 2 aromatic carbocycles. The van der Waals surface area contributed by atoms with Crippen LogP contribution in [0.3, 0.4) is 0 Å². The highest BCUT2D eigenvalue weighted by atomic mass is 79.9. The Hall–Kier alpha value is -1.68. The second kappa shape index (κ2) is 6.18. The van der Waals surface area contributed by atoms with Crippen LogP contribution in [0, 0.1) is 5.82 Å². The van der Waals surface area contributed by atoms with Crippen molar-refractivity contribution in [2.24, 2.45) is 0 Å². The summed E-state index contributed by atoms with van der Waals surface area (Å²) in [4.78, 5) is 12.1. The highest BCUT2D eigenvalue weighted by Crippen LogP contribution is 2.22. The Morgan fingerprint density at radius 1 is 1.15 bits per heavy atom. The van der Waals surface area contributed by atoms with E-state index in [4.69, 9.17) is 0 Å². The number of halogens is 2. The van der Waals surface area contributed by atoms with Crippen molar-refractivity contribution >= 4 is 27.5 Å². The average molecular weight is 336 g/mol. The van der Waals surface area contributed by atoms with Crippen LogP contribution in [-0.4, -0.2) is 5.91 Å². The third kappa shape index (κ3) is 3.25. The van der Waals surface area contributed by atoms with Crippen LogP contribution in [0.2, 0.25) is 0 Å². The Morgan fingerprint density at radius 3 is 2.35 bits per heavy atom. The standard InChI is InChI=1S/C16H15BrFNO/c1-10(2)11-6-8-12(9-7-11)19-16(20)15-13(17)4-3-5-14(15)18/h3-10H,1-2H3,(H,19,20). The lowest BCUT2D eigenvalue weighted by molar-refractivity contribution is 0.102. The van der Waals surface area contributed by atoms with Crippen molar-refractivity contribution in [2.45, 2.75) is 19.8 Å². The van der Waals surface area contributed by atoms with Crippen molar-refractivity contribution in [3.8, 4) is 0 Å². The highest BCUT2D eigenvalue weighted by molar-refractivity contribution is 9.10. The number of hydrogen-bond donors (Lipinski definition) is 1. The lowest BCUT2D eigenvalue weighted by Gasteiger charge is -2.10. The molecule has 104 valence electrons. The number of benzene rings is 2. The summed E-state index contributed by atoms with van der Waals surface area (Å²) in [6.07, 6.45) is 0. The third-order valence-electron chi connectivity index (χ3n) is 3.03. The van der Waals surface area contributed by atoms with Gasteiger partial charge in [-0.05, 0) is 51.7 Å². The number of rotatable bonds is 3. The van der Waals surface area contributed by atoms with Gasteiger partial charge in [0.25, 0.3) is 5.91 Å². The van der Waals surface area contributed by atoms with Crippen molar-refractivity contribution in [1.82, 2.24) is 0 Å². The molecule has 0 radical (unpaired) electrons. The summed E-state index contributed by atoms with van der Waals surface area (Å²) in [6.45, 7) is 4.20. The minimum atomic E-state index is -0.546. The van der Waals surface area contributed by atoms with Gasteiger partial charge in [-0.1, -0.05) is 32.0 Å². The molecule has 0 saturated heterocycles. The maximum Gasteiger partial charge on any atom is 0.259 e. The minimum absolute atomic E-state index is 0.0143. The first-order valence-electron chi connectivity index (χ1n) is 6.34. The Bertz CT molecular complexity index is 603. The van der Waals surface area contributed by atoms with E-state index in [9.17, 15) is 9.18 Å². The molecule has 0 fully saturated rings. The smallest absolute Gasteiger partial charge is 0.259 e. The Labute approximate surface area is 126 Å². The molecule has 0 unspecified atom stereocenters. The number of hydrogen-bond acceptors (Lipinski definition) is 1. The van der Waals surface area contributed by atoms with Gasteiger partial charge in [-0.2, -0.15) is 0 Å². The Kier molecular flexibility index (Phi) is 4.55. The lowest BCUT2D eigenvalue weighted by atomic mass is 10.0. The summed E-state index contributed by atoms with van der Waals surface area (Å²) >= 11 is 3.19. The van der Waals surface area contributed by atoms with E-state index < -0.39 is 11.7 Å². The van der Waals surface area contributed by atoms with Crippen LogP contribution in [0.4, 0.5) is 10.1 Å². The molecule has 0 aliphatic carbocycles. The summed E-state index contributed by atoms with van der Waals surface area (Å²) in [5.41, 5.74) is 1.85. The molecular weight excluding hydrogens is 321 g/mol. The fraction of sp³-hybridized carbons (Fsp3) is 0.188. The second-order valence-corrected chi connectivity index (χ2v) is 5.68. The van der Waals surface area contributed by atoms with Gasteiger partial charge in [0.15, 0.2) is 0 Å². The molecule has 2 rings (SSSR count). The highest BCUT2D eigenvalue weighted by Gasteiger charge is 2.15. The van der Waals surface area contributed by atoms with Gasteiger partial charge in [-0.25, -0.2) is 4.39 Å². The number of anilines is 1. The van der Waals surface area contributed by atoms with Gasteiger partial charge in [-0.15, -0.1) is 0 Å². The molecule has 0 aliphatic rings. The predicted molar refractivity (Wildman–Crippen MR) is 82.6 cm³/mol. The van der Waals surface area contributed by atoms with Crippen LogP contribution in [0.15, 0.2) is 46.9 Å². The van der Waals surface area contributed by atoms with Crippen molar-refractivity contribution in [3.63, 3.8) is 0 Å². The molecule has 0 aliphatic heterocycles. The first kappa shape index (κ1) is 14.7. The topological polar surface area (TPSA) is 29.1 Å². The monoisotopic (exact) mass is 335 g/mol. The van der Waals surface area contributed by atoms with Gasteiger partial charge in [-0.3, -0.25) is 4.79 Å².